The molecule has 0 radical (unpaired) electrons. The fourth-order valence-corrected chi connectivity index (χ4v) is 4.14. The number of benzene rings is 2. The van der Waals surface area contributed by atoms with Gasteiger partial charge in [-0.05, 0) is 61.5 Å². The summed E-state index contributed by atoms with van der Waals surface area (Å²) in [5.41, 5.74) is 7.68. The van der Waals surface area contributed by atoms with Crippen molar-refractivity contribution in [2.45, 2.75) is 45.2 Å². The molecule has 6 N–H and O–H groups in total. The van der Waals surface area contributed by atoms with Crippen LogP contribution in [0.5, 0.6) is 5.75 Å². The summed E-state index contributed by atoms with van der Waals surface area (Å²) in [6.07, 6.45) is 3.01. The summed E-state index contributed by atoms with van der Waals surface area (Å²) in [5.74, 6) is -1.33. The van der Waals surface area contributed by atoms with Crippen LogP contribution >= 0.6 is 11.8 Å². The van der Waals surface area contributed by atoms with Crippen LogP contribution in [0.2, 0.25) is 0 Å². The van der Waals surface area contributed by atoms with Gasteiger partial charge in [-0.2, -0.15) is 11.8 Å². The van der Waals surface area contributed by atoms with E-state index < -0.39 is 34.8 Å². The first-order valence-corrected chi connectivity index (χ1v) is 14.6. The molecule has 2 rings (SSSR count). The smallest absolute Gasteiger partial charge is 0.300 e. The zero-order valence-corrected chi connectivity index (χ0v) is 24.8. The lowest BCUT2D eigenvalue weighted by Gasteiger charge is -2.23. The number of nitrogens with one attached hydrogen (secondary N) is 2. The number of rotatable bonds is 15. The van der Waals surface area contributed by atoms with Crippen LogP contribution in [0.1, 0.15) is 31.4 Å². The van der Waals surface area contributed by atoms with Gasteiger partial charge in [0.2, 0.25) is 17.7 Å². The molecule has 0 saturated carbocycles. The molecule has 0 aliphatic heterocycles. The minimum atomic E-state index is -0.888. The van der Waals surface area contributed by atoms with E-state index in [2.05, 4.69) is 10.6 Å². The predicted molar refractivity (Wildman–Crippen MR) is 160 cm³/mol. The van der Waals surface area contributed by atoms with Crippen molar-refractivity contribution >= 4 is 41.1 Å². The maximum Gasteiger partial charge on any atom is 0.300 e. The van der Waals surface area contributed by atoms with Crippen LogP contribution in [0.25, 0.3) is 0 Å². The molecule has 0 fully saturated rings. The van der Waals surface area contributed by atoms with E-state index in [0.29, 0.717) is 31.7 Å². The molecule has 13 nitrogen and oxygen atoms in total. The van der Waals surface area contributed by atoms with Gasteiger partial charge in [0.25, 0.3) is 11.7 Å². The highest BCUT2D eigenvalue weighted by atomic mass is 32.2. The van der Waals surface area contributed by atoms with Gasteiger partial charge in [-0.15, -0.1) is 0 Å². The minimum absolute atomic E-state index is 0.00399. The standard InChI is InChI=1S/C26H35N5O6S.C2H4O2/c1-3-30(14-12-18-4-8-20(9-5-18)31(36)37)24(33)17-28-26(35)23(13-15-38-2)29-25(34)22(27)16-19-6-10-21(32)11-7-19;1-2(3)4/h4-11,22-23,32H,3,12-17,27H2,1-2H3,(H,28,35)(H,29,34);1H3,(H,3,4)/t22-,23+;/m0./s1. The van der Waals surface area contributed by atoms with E-state index in [4.69, 9.17) is 15.6 Å². The first kappa shape index (κ1) is 35.9. The van der Waals surface area contributed by atoms with Crippen molar-refractivity contribution in [1.82, 2.24) is 15.5 Å². The summed E-state index contributed by atoms with van der Waals surface area (Å²) in [4.78, 5) is 59.2. The Hall–Kier alpha value is -4.17. The molecular weight excluding hydrogens is 566 g/mol. The third-order valence-corrected chi connectivity index (χ3v) is 6.58. The predicted octanol–water partition coefficient (Wildman–Crippen LogP) is 1.71. The van der Waals surface area contributed by atoms with Gasteiger partial charge in [-0.25, -0.2) is 0 Å². The summed E-state index contributed by atoms with van der Waals surface area (Å²) in [6.45, 7) is 3.51. The number of thioether (sulfide) groups is 1. The summed E-state index contributed by atoms with van der Waals surface area (Å²) in [6, 6.07) is 10.8. The number of aliphatic carboxylic acids is 1. The van der Waals surface area contributed by atoms with Crippen LogP contribution in [-0.4, -0.2) is 87.5 Å². The van der Waals surface area contributed by atoms with Crippen LogP contribution in [0.15, 0.2) is 48.5 Å². The van der Waals surface area contributed by atoms with Crippen LogP contribution in [0.4, 0.5) is 5.69 Å². The van der Waals surface area contributed by atoms with E-state index in [-0.39, 0.29) is 30.3 Å². The molecule has 230 valence electrons. The lowest BCUT2D eigenvalue weighted by Crippen LogP contribution is -2.53. The highest BCUT2D eigenvalue weighted by molar-refractivity contribution is 7.98. The average molecular weight is 606 g/mol. The van der Waals surface area contributed by atoms with Crippen LogP contribution in [-0.2, 0) is 32.0 Å². The molecule has 42 heavy (non-hydrogen) atoms. The van der Waals surface area contributed by atoms with Gasteiger partial charge in [-0.1, -0.05) is 24.3 Å². The van der Waals surface area contributed by atoms with E-state index in [1.807, 2.05) is 13.2 Å². The van der Waals surface area contributed by atoms with Gasteiger partial charge >= 0.3 is 0 Å². The number of likely N-dealkylation sites (N-methyl/N-ethyl adjacent to an activating group) is 1. The molecular formula is C28H39N5O8S. The Bertz CT molecular complexity index is 1170. The number of carbonyl (C=O) groups excluding carboxylic acids is 3. The highest BCUT2D eigenvalue weighted by Gasteiger charge is 2.24. The monoisotopic (exact) mass is 605 g/mol. The topological polar surface area (TPSA) is 205 Å². The number of nitro groups is 1. The molecule has 2 atom stereocenters. The largest absolute Gasteiger partial charge is 0.508 e. The molecule has 0 aliphatic rings. The molecule has 0 aliphatic carbocycles. The van der Waals surface area contributed by atoms with Crippen LogP contribution in [0.3, 0.4) is 0 Å². The number of aromatic hydroxyl groups is 1. The number of nitro benzene ring substituents is 1. The molecule has 2 aromatic carbocycles. The lowest BCUT2D eigenvalue weighted by atomic mass is 10.1. The SMILES string of the molecule is CC(=O)O.CCN(CCc1ccc([N+](=O)[O-])cc1)C(=O)CNC(=O)[C@@H](CCSC)NC(=O)[C@@H](N)Cc1ccc(O)cc1. The van der Waals surface area contributed by atoms with Gasteiger partial charge in [-0.3, -0.25) is 29.3 Å². The number of carboxylic acid groups (broad SMARTS) is 1. The zero-order valence-electron chi connectivity index (χ0n) is 23.9. The molecule has 0 bridgehead atoms. The molecule has 0 saturated heterocycles. The zero-order chi connectivity index (χ0) is 31.7. The second-order valence-corrected chi connectivity index (χ2v) is 10.2. The average Bonchev–Trinajstić information content (AvgIpc) is 2.95. The number of carboxylic acids is 1. The summed E-state index contributed by atoms with van der Waals surface area (Å²) < 4.78 is 0. The Kier molecular flexibility index (Phi) is 16.3. The van der Waals surface area contributed by atoms with Crippen LogP contribution < -0.4 is 16.4 Å². The van der Waals surface area contributed by atoms with Gasteiger partial charge in [0.15, 0.2) is 0 Å². The summed E-state index contributed by atoms with van der Waals surface area (Å²) in [5, 5.41) is 33.0. The Morgan fingerprint density at radius 2 is 1.62 bits per heavy atom. The Morgan fingerprint density at radius 1 is 1.05 bits per heavy atom. The van der Waals surface area contributed by atoms with Crippen molar-refractivity contribution in [2.24, 2.45) is 5.73 Å². The minimum Gasteiger partial charge on any atom is -0.508 e. The van der Waals surface area contributed by atoms with Crippen molar-refractivity contribution in [3.05, 3.63) is 69.8 Å². The first-order chi connectivity index (χ1) is 19.9. The number of phenolic OH excluding ortho intramolecular Hbond substituents is 1. The van der Waals surface area contributed by atoms with E-state index >= 15 is 0 Å². The maximum absolute atomic E-state index is 12.9. The van der Waals surface area contributed by atoms with Gasteiger partial charge in [0.05, 0.1) is 17.5 Å². The Labute approximate surface area is 249 Å². The van der Waals surface area contributed by atoms with E-state index in [0.717, 1.165) is 18.1 Å². The molecule has 0 aromatic heterocycles. The fraction of sp³-hybridized carbons (Fsp3) is 0.429. The van der Waals surface area contributed by atoms with Crippen molar-refractivity contribution in [3.63, 3.8) is 0 Å². The Balaban J connectivity index is 0.00000206. The molecule has 0 spiro atoms. The van der Waals surface area contributed by atoms with Crippen molar-refractivity contribution in [2.75, 3.05) is 31.6 Å². The number of non-ortho nitro benzene ring substituents is 1. The highest BCUT2D eigenvalue weighted by Crippen LogP contribution is 2.13. The number of hydrogen-bond acceptors (Lipinski definition) is 9. The number of nitrogens with two attached hydrogens (primary N) is 1. The lowest BCUT2D eigenvalue weighted by molar-refractivity contribution is -0.384. The van der Waals surface area contributed by atoms with E-state index in [1.54, 1.807) is 29.2 Å². The molecule has 0 heterocycles. The number of nitrogens with zero attached hydrogens (tertiary/aromatic N) is 2. The molecule has 2 aromatic rings. The van der Waals surface area contributed by atoms with E-state index in [9.17, 15) is 29.6 Å². The second kappa shape index (κ2) is 19.0. The number of carbonyl (C=O) groups is 4. The summed E-state index contributed by atoms with van der Waals surface area (Å²) in [7, 11) is 0. The quantitative estimate of drug-likeness (QED) is 0.147. The normalized spacial score (nSPS) is 11.7. The maximum atomic E-state index is 12.9. The number of hydrogen-bond donors (Lipinski definition) is 5. The van der Waals surface area contributed by atoms with Gasteiger partial charge in [0.1, 0.15) is 11.8 Å². The van der Waals surface area contributed by atoms with Crippen molar-refractivity contribution < 1.29 is 34.3 Å². The second-order valence-electron chi connectivity index (χ2n) is 9.20. The molecule has 14 heteroatoms. The third-order valence-electron chi connectivity index (χ3n) is 5.94. The summed E-state index contributed by atoms with van der Waals surface area (Å²) >= 11 is 1.53. The third kappa shape index (κ3) is 13.9. The van der Waals surface area contributed by atoms with Crippen molar-refractivity contribution in [1.29, 1.82) is 0 Å². The first-order valence-electron chi connectivity index (χ1n) is 13.2. The number of amides is 3. The Morgan fingerprint density at radius 3 is 2.14 bits per heavy atom. The van der Waals surface area contributed by atoms with E-state index in [1.165, 1.54) is 36.0 Å². The van der Waals surface area contributed by atoms with Crippen LogP contribution in [0, 0.1) is 10.1 Å². The molecule has 0 unspecified atom stereocenters. The fourth-order valence-electron chi connectivity index (χ4n) is 3.67. The number of phenols is 1. The van der Waals surface area contributed by atoms with Gasteiger partial charge < -0.3 is 31.5 Å². The molecule has 3 amide bonds. The van der Waals surface area contributed by atoms with Crippen molar-refractivity contribution in [3.8, 4) is 5.75 Å². The van der Waals surface area contributed by atoms with Gasteiger partial charge in [0, 0.05) is 32.1 Å².